The van der Waals surface area contributed by atoms with Gasteiger partial charge in [-0.25, -0.2) is 9.78 Å². The van der Waals surface area contributed by atoms with Crippen molar-refractivity contribution in [3.05, 3.63) is 58.9 Å². The number of anilines is 1. The summed E-state index contributed by atoms with van der Waals surface area (Å²) in [6, 6.07) is 15.2. The molecule has 0 unspecified atom stereocenters. The molecule has 1 fully saturated rings. The fourth-order valence-corrected chi connectivity index (χ4v) is 5.35. The van der Waals surface area contributed by atoms with E-state index in [1.165, 1.54) is 0 Å². The molecule has 0 radical (unpaired) electrons. The molecule has 2 aromatic carbocycles. The molecule has 2 heterocycles. The number of rotatable bonds is 6. The van der Waals surface area contributed by atoms with E-state index in [0.29, 0.717) is 37.3 Å². The van der Waals surface area contributed by atoms with E-state index in [1.807, 2.05) is 36.4 Å². The van der Waals surface area contributed by atoms with Crippen LogP contribution < -0.4 is 10.2 Å². The van der Waals surface area contributed by atoms with Crippen LogP contribution in [0.3, 0.4) is 0 Å². The van der Waals surface area contributed by atoms with Gasteiger partial charge in [-0.3, -0.25) is 4.79 Å². The second-order valence-corrected chi connectivity index (χ2v) is 9.06. The zero-order valence-electron chi connectivity index (χ0n) is 17.8. The van der Waals surface area contributed by atoms with Gasteiger partial charge in [-0.05, 0) is 49.1 Å². The molecule has 8 nitrogen and oxygen atoms in total. The Hall–Kier alpha value is -3.57. The van der Waals surface area contributed by atoms with Crippen LogP contribution in [0.2, 0.25) is 5.02 Å². The third-order valence-electron chi connectivity index (χ3n) is 6.64. The first-order valence-corrected chi connectivity index (χ1v) is 11.2. The Balaban J connectivity index is 1.49. The van der Waals surface area contributed by atoms with Gasteiger partial charge < -0.3 is 19.9 Å². The second-order valence-electron chi connectivity index (χ2n) is 8.62. The Kier molecular flexibility index (Phi) is 5.22. The lowest BCUT2D eigenvalue weighted by atomic mass is 9.62. The van der Waals surface area contributed by atoms with Crippen LogP contribution >= 0.6 is 11.6 Å². The lowest BCUT2D eigenvalue weighted by molar-refractivity contribution is -0.127. The molecule has 0 atom stereocenters. The van der Waals surface area contributed by atoms with E-state index < -0.39 is 11.5 Å². The summed E-state index contributed by atoms with van der Waals surface area (Å²) in [5, 5.41) is 21.1. The molecule has 1 aromatic heterocycles. The van der Waals surface area contributed by atoms with Crippen LogP contribution in [0.25, 0.3) is 11.0 Å². The van der Waals surface area contributed by atoms with Gasteiger partial charge in [-0.15, -0.1) is 0 Å². The number of carbonyl (C=O) groups is 2. The van der Waals surface area contributed by atoms with Crippen molar-refractivity contribution in [2.24, 2.45) is 0 Å². The summed E-state index contributed by atoms with van der Waals surface area (Å²) in [5.74, 6) is 0.700. The van der Waals surface area contributed by atoms with Gasteiger partial charge in [-0.1, -0.05) is 29.8 Å². The molecule has 3 aromatic rings. The van der Waals surface area contributed by atoms with Crippen LogP contribution in [0.15, 0.2) is 42.5 Å². The molecule has 1 aliphatic heterocycles. The molecular weight excluding hydrogens is 442 g/mol. The highest BCUT2D eigenvalue weighted by molar-refractivity contribution is 6.31. The average Bonchev–Trinajstić information content (AvgIpc) is 3.21. The molecule has 2 amide bonds. The maximum atomic E-state index is 13.7. The van der Waals surface area contributed by atoms with Gasteiger partial charge in [-0.2, -0.15) is 5.26 Å². The molecule has 33 heavy (non-hydrogen) atoms. The summed E-state index contributed by atoms with van der Waals surface area (Å²) in [6.45, 7) is 0.897. The monoisotopic (exact) mass is 463 g/mol. The van der Waals surface area contributed by atoms with Crippen molar-refractivity contribution in [3.8, 4) is 6.07 Å². The molecule has 2 N–H and O–H groups in total. The molecule has 9 heteroatoms. The van der Waals surface area contributed by atoms with Crippen LogP contribution in [0.4, 0.5) is 10.5 Å². The smallest absolute Gasteiger partial charge is 0.404 e. The van der Waals surface area contributed by atoms with Crippen molar-refractivity contribution in [2.45, 2.75) is 50.2 Å². The molecule has 2 aliphatic rings. The van der Waals surface area contributed by atoms with Crippen molar-refractivity contribution in [1.82, 2.24) is 14.9 Å². The lowest BCUT2D eigenvalue weighted by Crippen LogP contribution is -2.57. The molecule has 1 saturated carbocycles. The number of aryl methyl sites for hydroxylation is 1. The molecule has 0 saturated heterocycles. The van der Waals surface area contributed by atoms with Gasteiger partial charge >= 0.3 is 6.09 Å². The van der Waals surface area contributed by atoms with E-state index in [1.54, 1.807) is 11.0 Å². The van der Waals surface area contributed by atoms with E-state index in [0.717, 1.165) is 28.1 Å². The summed E-state index contributed by atoms with van der Waals surface area (Å²) in [7, 11) is 0. The highest BCUT2D eigenvalue weighted by Gasteiger charge is 2.58. The molecule has 0 bridgehead atoms. The number of benzene rings is 2. The van der Waals surface area contributed by atoms with E-state index in [-0.39, 0.29) is 18.5 Å². The number of fused-ring (bicyclic) bond motifs is 3. The third-order valence-corrected chi connectivity index (χ3v) is 6.88. The first kappa shape index (κ1) is 21.3. The van der Waals surface area contributed by atoms with Crippen molar-refractivity contribution in [3.63, 3.8) is 0 Å². The zero-order chi connectivity index (χ0) is 23.2. The Morgan fingerprint density at radius 3 is 2.85 bits per heavy atom. The number of carboxylic acid groups (broad SMARTS) is 1. The van der Waals surface area contributed by atoms with Crippen molar-refractivity contribution < 1.29 is 14.7 Å². The number of hydrogen-bond donors (Lipinski definition) is 2. The topological polar surface area (TPSA) is 111 Å². The summed E-state index contributed by atoms with van der Waals surface area (Å²) < 4.78 is 2.06. The second kappa shape index (κ2) is 8.09. The number of amides is 2. The number of unbranched alkanes of at least 4 members (excludes halogenated alkanes) is 1. The number of nitriles is 1. The van der Waals surface area contributed by atoms with Crippen LogP contribution in [-0.2, 0) is 23.3 Å². The number of aromatic nitrogens is 2. The van der Waals surface area contributed by atoms with Crippen LogP contribution in [0, 0.1) is 11.3 Å². The Labute approximate surface area is 195 Å². The largest absolute Gasteiger partial charge is 0.465 e. The fraction of sp³-hybridized carbons (Fsp3) is 0.333. The molecule has 1 spiro atoms. The normalized spacial score (nSPS) is 21.2. The van der Waals surface area contributed by atoms with Gasteiger partial charge in [0.25, 0.3) is 0 Å². The number of hydrogen-bond acceptors (Lipinski definition) is 4. The lowest BCUT2D eigenvalue weighted by Gasteiger charge is -2.43. The van der Waals surface area contributed by atoms with E-state index in [9.17, 15) is 9.59 Å². The highest BCUT2D eigenvalue weighted by atomic mass is 35.5. The molecule has 168 valence electrons. The minimum Gasteiger partial charge on any atom is -0.465 e. The number of nitrogens with zero attached hydrogens (tertiary/aromatic N) is 4. The molecular formula is C24H22ClN5O3. The van der Waals surface area contributed by atoms with E-state index in [2.05, 4.69) is 16.0 Å². The van der Waals surface area contributed by atoms with Gasteiger partial charge in [0.15, 0.2) is 0 Å². The minimum atomic E-state index is -1.07. The zero-order valence-corrected chi connectivity index (χ0v) is 18.5. The Morgan fingerprint density at radius 1 is 1.30 bits per heavy atom. The third kappa shape index (κ3) is 3.49. The summed E-state index contributed by atoms with van der Waals surface area (Å²) in [5.41, 5.74) is 2.73. The van der Waals surface area contributed by atoms with Gasteiger partial charge in [0, 0.05) is 29.7 Å². The summed E-state index contributed by atoms with van der Waals surface area (Å²) in [4.78, 5) is 31.3. The number of nitrogens with one attached hydrogen (secondary N) is 1. The number of imidazole rings is 1. The molecule has 5 rings (SSSR count). The fourth-order valence-electron chi connectivity index (χ4n) is 5.19. The standard InChI is InChI=1S/C24H22ClN5O3/c25-15-7-8-20-18(11-15)28-21(29(20)10-4-3-9-26)14-30-19-6-2-1-5-17(19)24(22(30)31)12-16(13-24)27-23(32)33/h1-2,5-8,11,16,27H,3-4,10,12-14H2,(H,32,33)/t16-,24-. The average molecular weight is 464 g/mol. The Bertz CT molecular complexity index is 1310. The number of halogens is 1. The SMILES string of the molecule is N#CCCCn1c(CN2c3ccccc3[C@]3(C[C@@H](NC(=O)O)C3)C2=O)nc2cc(Cl)ccc21. The first-order chi connectivity index (χ1) is 15.9. The quantitative estimate of drug-likeness (QED) is 0.532. The van der Waals surface area contributed by atoms with Crippen molar-refractivity contribution >= 4 is 40.3 Å². The van der Waals surface area contributed by atoms with Gasteiger partial charge in [0.05, 0.1) is 29.1 Å². The number of para-hydroxylation sites is 1. The predicted octanol–water partition coefficient (Wildman–Crippen LogP) is 4.21. The van der Waals surface area contributed by atoms with Gasteiger partial charge in [0.2, 0.25) is 5.91 Å². The predicted molar refractivity (Wildman–Crippen MR) is 123 cm³/mol. The molecule has 1 aliphatic carbocycles. The van der Waals surface area contributed by atoms with E-state index >= 15 is 0 Å². The van der Waals surface area contributed by atoms with Gasteiger partial charge in [0.1, 0.15) is 5.82 Å². The van der Waals surface area contributed by atoms with Crippen LogP contribution in [-0.4, -0.2) is 32.7 Å². The minimum absolute atomic E-state index is 0.0270. The maximum Gasteiger partial charge on any atom is 0.404 e. The highest BCUT2D eigenvalue weighted by Crippen LogP contribution is 2.53. The number of carbonyl (C=O) groups excluding carboxylic acids is 1. The van der Waals surface area contributed by atoms with Crippen molar-refractivity contribution in [2.75, 3.05) is 4.90 Å². The Morgan fingerprint density at radius 2 is 2.09 bits per heavy atom. The van der Waals surface area contributed by atoms with Crippen LogP contribution in [0.1, 0.15) is 37.1 Å². The maximum absolute atomic E-state index is 13.7. The summed E-state index contributed by atoms with van der Waals surface area (Å²) >= 11 is 6.18. The van der Waals surface area contributed by atoms with Crippen LogP contribution in [0.5, 0.6) is 0 Å². The van der Waals surface area contributed by atoms with Crippen molar-refractivity contribution in [1.29, 1.82) is 5.26 Å². The van der Waals surface area contributed by atoms with E-state index in [4.69, 9.17) is 27.0 Å². The summed E-state index contributed by atoms with van der Waals surface area (Å²) in [6.07, 6.45) is 0.920. The first-order valence-electron chi connectivity index (χ1n) is 10.9.